The van der Waals surface area contributed by atoms with E-state index in [1.807, 2.05) is 67.8 Å². The summed E-state index contributed by atoms with van der Waals surface area (Å²) in [7, 11) is 0. The van der Waals surface area contributed by atoms with Gasteiger partial charge in [0.1, 0.15) is 0 Å². The number of allylic oxidation sites excluding steroid dienone is 1. The van der Waals surface area contributed by atoms with Gasteiger partial charge in [0.15, 0.2) is 6.61 Å². The van der Waals surface area contributed by atoms with Gasteiger partial charge in [-0.2, -0.15) is 0 Å². The van der Waals surface area contributed by atoms with Gasteiger partial charge in [-0.1, -0.05) is 42.5 Å². The maximum atomic E-state index is 13.3. The van der Waals surface area contributed by atoms with Gasteiger partial charge in [-0.05, 0) is 72.5 Å². The normalized spacial score (nSPS) is 13.8. The van der Waals surface area contributed by atoms with E-state index in [1.165, 1.54) is 0 Å². The molecule has 34 heavy (non-hydrogen) atoms. The van der Waals surface area contributed by atoms with E-state index in [1.54, 1.807) is 11.3 Å². The summed E-state index contributed by atoms with van der Waals surface area (Å²) in [5.74, 6) is -0.858. The first-order chi connectivity index (χ1) is 16.5. The van der Waals surface area contributed by atoms with Crippen molar-refractivity contribution in [2.75, 3.05) is 11.9 Å². The molecule has 170 valence electrons. The standard InChI is InChI=1S/C28H24N2O3S/c1-17-7-5-8-18(2)26(17)30-24(31)16-33-28(32)25-21-10-3-4-11-23(21)29-27-19(12-13-22(25)27)15-20-9-6-14-34-20/h3-11,14-15H,12-13,16H2,1-2H3,(H,30,31)/b19-15+. The molecule has 2 aromatic carbocycles. The molecule has 4 aromatic rings. The Balaban J connectivity index is 1.43. The van der Waals surface area contributed by atoms with Gasteiger partial charge in [0, 0.05) is 16.0 Å². The third-order valence-corrected chi connectivity index (χ3v) is 6.90. The number of amides is 1. The zero-order chi connectivity index (χ0) is 23.7. The van der Waals surface area contributed by atoms with Crippen LogP contribution in [0.2, 0.25) is 0 Å². The van der Waals surface area contributed by atoms with Crippen molar-refractivity contribution < 1.29 is 14.3 Å². The number of fused-ring (bicyclic) bond motifs is 2. The summed E-state index contributed by atoms with van der Waals surface area (Å²) < 4.78 is 5.52. The smallest absolute Gasteiger partial charge is 0.339 e. The number of para-hydroxylation sites is 2. The molecule has 1 amide bonds. The molecule has 0 spiro atoms. The summed E-state index contributed by atoms with van der Waals surface area (Å²) >= 11 is 1.67. The summed E-state index contributed by atoms with van der Waals surface area (Å²) in [6.07, 6.45) is 3.67. The minimum absolute atomic E-state index is 0.351. The van der Waals surface area contributed by atoms with Gasteiger partial charge in [0.05, 0.1) is 16.8 Å². The Bertz CT molecular complexity index is 1420. The van der Waals surface area contributed by atoms with Gasteiger partial charge < -0.3 is 10.1 Å². The van der Waals surface area contributed by atoms with Crippen molar-refractivity contribution in [2.24, 2.45) is 0 Å². The van der Waals surface area contributed by atoms with Crippen LogP contribution in [0, 0.1) is 13.8 Å². The molecule has 6 heteroatoms. The molecule has 0 unspecified atom stereocenters. The fourth-order valence-electron chi connectivity index (χ4n) is 4.45. The second-order valence-corrected chi connectivity index (χ2v) is 9.39. The largest absolute Gasteiger partial charge is 0.452 e. The SMILES string of the molecule is Cc1cccc(C)c1NC(=O)COC(=O)c1c2c(nc3ccccc13)/C(=C/c1cccs1)CC2. The van der Waals surface area contributed by atoms with Crippen LogP contribution >= 0.6 is 11.3 Å². The molecule has 0 fully saturated rings. The van der Waals surface area contributed by atoms with Gasteiger partial charge in [0.2, 0.25) is 0 Å². The first-order valence-corrected chi connectivity index (χ1v) is 12.1. The fraction of sp³-hybridized carbons (Fsp3) is 0.179. The van der Waals surface area contributed by atoms with E-state index in [2.05, 4.69) is 17.5 Å². The van der Waals surface area contributed by atoms with Crippen LogP contribution in [0.15, 0.2) is 60.0 Å². The zero-order valence-electron chi connectivity index (χ0n) is 19.1. The van der Waals surface area contributed by atoms with Gasteiger partial charge >= 0.3 is 5.97 Å². The van der Waals surface area contributed by atoms with Crippen LogP contribution in [0.5, 0.6) is 0 Å². The van der Waals surface area contributed by atoms with Gasteiger partial charge in [-0.25, -0.2) is 9.78 Å². The van der Waals surface area contributed by atoms with Crippen LogP contribution in [0.4, 0.5) is 5.69 Å². The maximum Gasteiger partial charge on any atom is 0.339 e. The van der Waals surface area contributed by atoms with Crippen LogP contribution in [0.25, 0.3) is 22.6 Å². The predicted octanol–water partition coefficient (Wildman–Crippen LogP) is 6.20. The molecule has 0 bridgehead atoms. The highest BCUT2D eigenvalue weighted by molar-refractivity contribution is 7.10. The highest BCUT2D eigenvalue weighted by Crippen LogP contribution is 2.38. The monoisotopic (exact) mass is 468 g/mol. The van der Waals surface area contributed by atoms with Gasteiger partial charge in [-0.3, -0.25) is 4.79 Å². The molecule has 0 radical (unpaired) electrons. The molecule has 1 aliphatic carbocycles. The number of hydrogen-bond acceptors (Lipinski definition) is 5. The quantitative estimate of drug-likeness (QED) is 0.354. The van der Waals surface area contributed by atoms with Crippen molar-refractivity contribution in [3.63, 3.8) is 0 Å². The first kappa shape index (κ1) is 22.0. The number of hydrogen-bond donors (Lipinski definition) is 1. The molecular formula is C28H24N2O3S. The zero-order valence-corrected chi connectivity index (χ0v) is 19.9. The average molecular weight is 469 g/mol. The highest BCUT2D eigenvalue weighted by atomic mass is 32.1. The number of nitrogens with one attached hydrogen (secondary N) is 1. The number of ether oxygens (including phenoxy) is 1. The number of rotatable bonds is 5. The Morgan fingerprint density at radius 3 is 2.59 bits per heavy atom. The van der Waals surface area contributed by atoms with Gasteiger partial charge in [0.25, 0.3) is 5.91 Å². The number of anilines is 1. The van der Waals surface area contributed by atoms with Crippen LogP contribution < -0.4 is 5.32 Å². The number of benzene rings is 2. The number of thiophene rings is 1. The molecule has 0 atom stereocenters. The van der Waals surface area contributed by atoms with Crippen molar-refractivity contribution in [1.82, 2.24) is 4.98 Å². The maximum absolute atomic E-state index is 13.3. The van der Waals surface area contributed by atoms with Crippen molar-refractivity contribution in [1.29, 1.82) is 0 Å². The Labute approximate surface area is 202 Å². The molecule has 5 rings (SSSR count). The van der Waals surface area contributed by atoms with Crippen LogP contribution in [-0.4, -0.2) is 23.5 Å². The molecule has 0 aliphatic heterocycles. The van der Waals surface area contributed by atoms with Crippen molar-refractivity contribution in [2.45, 2.75) is 26.7 Å². The average Bonchev–Trinajstić information content (AvgIpc) is 3.49. The van der Waals surface area contributed by atoms with E-state index >= 15 is 0 Å². The minimum Gasteiger partial charge on any atom is -0.452 e. The molecule has 1 N–H and O–H groups in total. The summed E-state index contributed by atoms with van der Waals surface area (Å²) in [5.41, 5.74) is 6.78. The lowest BCUT2D eigenvalue weighted by Crippen LogP contribution is -2.22. The van der Waals surface area contributed by atoms with Crippen molar-refractivity contribution >= 4 is 51.5 Å². The molecule has 0 saturated heterocycles. The lowest BCUT2D eigenvalue weighted by molar-refractivity contribution is -0.119. The van der Waals surface area contributed by atoms with Gasteiger partial charge in [-0.15, -0.1) is 11.3 Å². The highest BCUT2D eigenvalue weighted by Gasteiger charge is 2.28. The first-order valence-electron chi connectivity index (χ1n) is 11.2. The number of aryl methyl sites for hydroxylation is 2. The second-order valence-electron chi connectivity index (χ2n) is 8.41. The van der Waals surface area contributed by atoms with Crippen LogP contribution in [0.3, 0.4) is 0 Å². The summed E-state index contributed by atoms with van der Waals surface area (Å²) in [4.78, 5) is 31.9. The van der Waals surface area contributed by atoms with Crippen molar-refractivity contribution in [3.8, 4) is 0 Å². The molecule has 5 nitrogen and oxygen atoms in total. The van der Waals surface area contributed by atoms with Crippen molar-refractivity contribution in [3.05, 3.63) is 92.8 Å². The number of carbonyl (C=O) groups excluding carboxylic acids is 2. The number of esters is 1. The van der Waals surface area contributed by atoms with E-state index < -0.39 is 5.97 Å². The number of carbonyl (C=O) groups is 2. The predicted molar refractivity (Wildman–Crippen MR) is 137 cm³/mol. The van der Waals surface area contributed by atoms with E-state index in [4.69, 9.17) is 9.72 Å². The lowest BCUT2D eigenvalue weighted by atomic mass is 10.0. The molecule has 2 aromatic heterocycles. The van der Waals surface area contributed by atoms with Crippen LogP contribution in [-0.2, 0) is 16.0 Å². The topological polar surface area (TPSA) is 68.3 Å². The molecule has 0 saturated carbocycles. The molecule has 1 aliphatic rings. The Hall–Kier alpha value is -3.77. The molecular weight excluding hydrogens is 444 g/mol. The minimum atomic E-state index is -0.496. The third-order valence-electron chi connectivity index (χ3n) is 6.09. The summed E-state index contributed by atoms with van der Waals surface area (Å²) in [6, 6.07) is 17.5. The second kappa shape index (κ2) is 9.23. The van der Waals surface area contributed by atoms with E-state index in [-0.39, 0.29) is 12.5 Å². The van der Waals surface area contributed by atoms with E-state index in [0.29, 0.717) is 12.0 Å². The molecule has 2 heterocycles. The summed E-state index contributed by atoms with van der Waals surface area (Å²) in [6.45, 7) is 3.51. The number of aromatic nitrogens is 1. The Kier molecular flexibility index (Phi) is 5.99. The summed E-state index contributed by atoms with van der Waals surface area (Å²) in [5, 5.41) is 5.66. The fourth-order valence-corrected chi connectivity index (χ4v) is 5.13. The Morgan fingerprint density at radius 2 is 1.82 bits per heavy atom. The number of nitrogens with zero attached hydrogens (tertiary/aromatic N) is 1. The Morgan fingerprint density at radius 1 is 1.03 bits per heavy atom. The third kappa shape index (κ3) is 4.24. The van der Waals surface area contributed by atoms with E-state index in [9.17, 15) is 9.59 Å². The lowest BCUT2D eigenvalue weighted by Gasteiger charge is -2.14. The van der Waals surface area contributed by atoms with Crippen LogP contribution in [0.1, 0.15) is 44.0 Å². The number of pyridine rings is 1. The van der Waals surface area contributed by atoms with E-state index in [0.717, 1.165) is 55.8 Å².